The molecule has 2 N–H and O–H groups in total. The second-order valence-electron chi connectivity index (χ2n) is 8.74. The number of carbonyl (C=O) groups is 1. The molecule has 1 atom stereocenters. The SMILES string of the molecule is C=CCOc1ccc(C2C(C#N)=C(N)Oc3cc(OC(=O)c4oc5cc(C)ccc5c4C)ccc32)cc1. The van der Waals surface area contributed by atoms with Crippen molar-refractivity contribution in [2.45, 2.75) is 19.8 Å². The molecule has 0 spiro atoms. The number of aryl methyl sites for hydroxylation is 2. The van der Waals surface area contributed by atoms with E-state index in [9.17, 15) is 10.1 Å². The van der Waals surface area contributed by atoms with Crippen LogP contribution in [0.25, 0.3) is 11.0 Å². The summed E-state index contributed by atoms with van der Waals surface area (Å²) in [5.41, 5.74) is 10.4. The van der Waals surface area contributed by atoms with E-state index < -0.39 is 11.9 Å². The smallest absolute Gasteiger partial charge is 0.379 e. The highest BCUT2D eigenvalue weighted by Gasteiger charge is 2.31. The topological polar surface area (TPSA) is 108 Å². The number of nitrogens with two attached hydrogens (primary N) is 1. The second-order valence-corrected chi connectivity index (χ2v) is 8.74. The van der Waals surface area contributed by atoms with Crippen LogP contribution in [0.1, 0.15) is 38.7 Å². The van der Waals surface area contributed by atoms with Gasteiger partial charge in [-0.3, -0.25) is 0 Å². The third kappa shape index (κ3) is 4.41. The highest BCUT2D eigenvalue weighted by Crippen LogP contribution is 2.43. The fraction of sp³-hybridized carbons (Fsp3) is 0.133. The molecule has 2 heterocycles. The Kier molecular flexibility index (Phi) is 6.16. The van der Waals surface area contributed by atoms with Crippen molar-refractivity contribution in [1.29, 1.82) is 5.26 Å². The molecule has 0 radical (unpaired) electrons. The number of hydrogen-bond acceptors (Lipinski definition) is 7. The van der Waals surface area contributed by atoms with E-state index in [4.69, 9.17) is 24.4 Å². The molecule has 1 aliphatic rings. The van der Waals surface area contributed by atoms with Gasteiger partial charge in [0.15, 0.2) is 0 Å². The normalized spacial score (nSPS) is 14.5. The summed E-state index contributed by atoms with van der Waals surface area (Å²) in [5.74, 6) is 0.421. The summed E-state index contributed by atoms with van der Waals surface area (Å²) in [4.78, 5) is 13.0. The molecular weight excluding hydrogens is 468 g/mol. The number of carbonyl (C=O) groups excluding carboxylic acids is 1. The number of ether oxygens (including phenoxy) is 3. The van der Waals surface area contributed by atoms with E-state index >= 15 is 0 Å². The first kappa shape index (κ1) is 23.8. The highest BCUT2D eigenvalue weighted by molar-refractivity contribution is 5.97. The third-order valence-corrected chi connectivity index (χ3v) is 6.26. The number of allylic oxidation sites excluding steroid dienone is 1. The third-order valence-electron chi connectivity index (χ3n) is 6.26. The Morgan fingerprint density at radius 1 is 1.11 bits per heavy atom. The van der Waals surface area contributed by atoms with Crippen molar-refractivity contribution < 1.29 is 23.4 Å². The first-order chi connectivity index (χ1) is 17.9. The zero-order valence-electron chi connectivity index (χ0n) is 20.4. The van der Waals surface area contributed by atoms with E-state index in [-0.39, 0.29) is 17.4 Å². The molecule has 0 saturated heterocycles. The lowest BCUT2D eigenvalue weighted by Gasteiger charge is -2.26. The van der Waals surface area contributed by atoms with Crippen molar-refractivity contribution in [3.63, 3.8) is 0 Å². The van der Waals surface area contributed by atoms with E-state index in [1.54, 1.807) is 24.3 Å². The molecule has 7 heteroatoms. The van der Waals surface area contributed by atoms with Gasteiger partial charge in [0.25, 0.3) is 0 Å². The number of furan rings is 1. The molecule has 0 bridgehead atoms. The molecule has 7 nitrogen and oxygen atoms in total. The summed E-state index contributed by atoms with van der Waals surface area (Å²) in [6.07, 6.45) is 1.67. The largest absolute Gasteiger partial charge is 0.490 e. The molecule has 0 saturated carbocycles. The average molecular weight is 493 g/mol. The van der Waals surface area contributed by atoms with E-state index in [1.165, 1.54) is 0 Å². The highest BCUT2D eigenvalue weighted by atomic mass is 16.5. The van der Waals surface area contributed by atoms with Crippen molar-refractivity contribution in [1.82, 2.24) is 0 Å². The Bertz CT molecular complexity index is 1610. The molecule has 1 aliphatic heterocycles. The summed E-state index contributed by atoms with van der Waals surface area (Å²) in [5, 5.41) is 10.7. The van der Waals surface area contributed by atoms with Crippen LogP contribution in [0.5, 0.6) is 17.2 Å². The minimum Gasteiger partial charge on any atom is -0.490 e. The minimum atomic E-state index is -0.616. The summed E-state index contributed by atoms with van der Waals surface area (Å²) in [7, 11) is 0. The van der Waals surface area contributed by atoms with Crippen LogP contribution in [0.4, 0.5) is 0 Å². The number of nitrogens with zero attached hydrogens (tertiary/aromatic N) is 1. The first-order valence-electron chi connectivity index (χ1n) is 11.7. The van der Waals surface area contributed by atoms with Gasteiger partial charge in [-0.25, -0.2) is 4.79 Å². The van der Waals surface area contributed by atoms with E-state index in [0.717, 1.165) is 22.1 Å². The number of fused-ring (bicyclic) bond motifs is 2. The van der Waals surface area contributed by atoms with Crippen LogP contribution in [0.2, 0.25) is 0 Å². The lowest BCUT2D eigenvalue weighted by Crippen LogP contribution is -2.21. The Labute approximate surface area is 214 Å². The van der Waals surface area contributed by atoms with Crippen LogP contribution in [-0.4, -0.2) is 12.6 Å². The number of hydrogen-bond donors (Lipinski definition) is 1. The zero-order chi connectivity index (χ0) is 26.1. The predicted molar refractivity (Wildman–Crippen MR) is 139 cm³/mol. The second kappa shape index (κ2) is 9.59. The molecule has 0 aliphatic carbocycles. The maximum absolute atomic E-state index is 13.0. The quantitative estimate of drug-likeness (QED) is 0.198. The van der Waals surface area contributed by atoms with Gasteiger partial charge in [-0.2, -0.15) is 5.26 Å². The standard InChI is InChI=1S/C30H24N2O5/c1-4-13-34-20-8-6-19(7-9-20)27-23-12-10-21(15-26(23)37-29(32)24(27)16-31)35-30(33)28-18(3)22-11-5-17(2)14-25(22)36-28/h4-12,14-15,27H,1,13,32H2,2-3H3. The van der Waals surface area contributed by atoms with Crippen LogP contribution < -0.4 is 19.9 Å². The fourth-order valence-corrected chi connectivity index (χ4v) is 4.43. The molecule has 1 aromatic heterocycles. The maximum Gasteiger partial charge on any atom is 0.379 e. The Balaban J connectivity index is 1.45. The van der Waals surface area contributed by atoms with Crippen molar-refractivity contribution in [2.24, 2.45) is 5.73 Å². The summed E-state index contributed by atoms with van der Waals surface area (Å²) in [6, 6.07) is 20.4. The van der Waals surface area contributed by atoms with Crippen LogP contribution in [0.15, 0.2) is 89.2 Å². The van der Waals surface area contributed by atoms with Crippen molar-refractivity contribution in [3.05, 3.63) is 113 Å². The number of esters is 1. The van der Waals surface area contributed by atoms with Crippen molar-refractivity contribution in [2.75, 3.05) is 6.61 Å². The molecule has 0 amide bonds. The number of benzene rings is 3. The van der Waals surface area contributed by atoms with Crippen LogP contribution >= 0.6 is 0 Å². The fourth-order valence-electron chi connectivity index (χ4n) is 4.43. The van der Waals surface area contributed by atoms with Gasteiger partial charge in [0.05, 0.1) is 5.92 Å². The van der Waals surface area contributed by atoms with Gasteiger partial charge < -0.3 is 24.4 Å². The van der Waals surface area contributed by atoms with Gasteiger partial charge in [-0.05, 0) is 49.2 Å². The van der Waals surface area contributed by atoms with Crippen LogP contribution in [0.3, 0.4) is 0 Å². The number of nitriles is 1. The molecule has 37 heavy (non-hydrogen) atoms. The molecule has 4 aromatic rings. The maximum atomic E-state index is 13.0. The molecule has 3 aromatic carbocycles. The van der Waals surface area contributed by atoms with Gasteiger partial charge in [0.2, 0.25) is 11.6 Å². The van der Waals surface area contributed by atoms with E-state index in [1.807, 2.05) is 56.3 Å². The molecule has 0 fully saturated rings. The predicted octanol–water partition coefficient (Wildman–Crippen LogP) is 6.05. The lowest BCUT2D eigenvalue weighted by molar-refractivity contribution is 0.0702. The van der Waals surface area contributed by atoms with Gasteiger partial charge in [-0.1, -0.05) is 43.0 Å². The Hall–Kier alpha value is -4.96. The van der Waals surface area contributed by atoms with E-state index in [0.29, 0.717) is 34.8 Å². The van der Waals surface area contributed by atoms with Crippen LogP contribution in [0, 0.1) is 25.2 Å². The van der Waals surface area contributed by atoms with Crippen LogP contribution in [-0.2, 0) is 0 Å². The van der Waals surface area contributed by atoms with Crippen molar-refractivity contribution in [3.8, 4) is 23.3 Å². The summed E-state index contributed by atoms with van der Waals surface area (Å²) >= 11 is 0. The monoisotopic (exact) mass is 492 g/mol. The molecular formula is C30H24N2O5. The molecule has 5 rings (SSSR count). The van der Waals surface area contributed by atoms with Gasteiger partial charge in [0, 0.05) is 22.6 Å². The molecule has 184 valence electrons. The number of rotatable bonds is 6. The van der Waals surface area contributed by atoms with E-state index in [2.05, 4.69) is 12.6 Å². The van der Waals surface area contributed by atoms with Gasteiger partial charge >= 0.3 is 5.97 Å². The molecule has 1 unspecified atom stereocenters. The lowest BCUT2D eigenvalue weighted by atomic mass is 9.83. The first-order valence-corrected chi connectivity index (χ1v) is 11.7. The average Bonchev–Trinajstić information content (AvgIpc) is 3.22. The van der Waals surface area contributed by atoms with Gasteiger partial charge in [-0.15, -0.1) is 0 Å². The van der Waals surface area contributed by atoms with Gasteiger partial charge in [0.1, 0.15) is 41.1 Å². The Morgan fingerprint density at radius 3 is 2.59 bits per heavy atom. The summed E-state index contributed by atoms with van der Waals surface area (Å²) in [6.45, 7) is 7.82. The van der Waals surface area contributed by atoms with Crippen molar-refractivity contribution >= 4 is 16.9 Å². The summed E-state index contributed by atoms with van der Waals surface area (Å²) < 4.78 is 22.8. The zero-order valence-corrected chi connectivity index (χ0v) is 20.4. The minimum absolute atomic E-state index is 0.000964. The Morgan fingerprint density at radius 2 is 1.86 bits per heavy atom.